The van der Waals surface area contributed by atoms with Crippen LogP contribution in [0, 0.1) is 0 Å². The Balaban J connectivity index is 1.55. The van der Waals surface area contributed by atoms with Crippen molar-refractivity contribution in [3.05, 3.63) is 76.3 Å². The number of carbonyl (C=O) groups is 1. The van der Waals surface area contributed by atoms with E-state index >= 15 is 0 Å². The number of amides is 1. The molecule has 0 unspecified atom stereocenters. The van der Waals surface area contributed by atoms with Gasteiger partial charge in [0.2, 0.25) is 15.9 Å². The predicted octanol–water partition coefficient (Wildman–Crippen LogP) is 3.14. The summed E-state index contributed by atoms with van der Waals surface area (Å²) in [5, 5.41) is 0. The fourth-order valence-electron chi connectivity index (χ4n) is 2.95. The van der Waals surface area contributed by atoms with Crippen molar-refractivity contribution in [2.45, 2.75) is 5.75 Å². The third-order valence-electron chi connectivity index (χ3n) is 4.40. The largest absolute Gasteiger partial charge is 0.337 e. The molecule has 1 saturated heterocycles. The van der Waals surface area contributed by atoms with Gasteiger partial charge >= 0.3 is 0 Å². The van der Waals surface area contributed by atoms with Gasteiger partial charge in [-0.25, -0.2) is 8.42 Å². The zero-order valence-corrected chi connectivity index (χ0v) is 17.2. The number of carbonyl (C=O) groups excluding carboxylic acids is 1. The smallest absolute Gasteiger partial charge is 0.246 e. The summed E-state index contributed by atoms with van der Waals surface area (Å²) in [4.78, 5) is 14.0. The highest BCUT2D eigenvalue weighted by atomic mass is 79.9. The number of halogens is 1. The molecule has 1 heterocycles. The van der Waals surface area contributed by atoms with Gasteiger partial charge in [0.05, 0.1) is 5.75 Å². The van der Waals surface area contributed by atoms with E-state index in [2.05, 4.69) is 15.9 Å². The van der Waals surface area contributed by atoms with E-state index in [9.17, 15) is 13.2 Å². The first-order valence-corrected chi connectivity index (χ1v) is 11.1. The lowest BCUT2D eigenvalue weighted by Gasteiger charge is -2.33. The van der Waals surface area contributed by atoms with Gasteiger partial charge in [-0.2, -0.15) is 4.31 Å². The number of hydrogen-bond donors (Lipinski definition) is 0. The molecule has 1 aliphatic rings. The standard InChI is InChI=1S/C20H21BrN2O3S/c21-19-8-4-7-17(15-19)9-10-20(24)22-11-13-23(14-12-22)27(25,26)16-18-5-2-1-3-6-18/h1-10,15H,11-14,16H2/b10-9+. The normalized spacial score (nSPS) is 16.0. The highest BCUT2D eigenvalue weighted by molar-refractivity contribution is 9.10. The number of piperazine rings is 1. The Hall–Kier alpha value is -1.96. The first-order valence-electron chi connectivity index (χ1n) is 8.68. The average molecular weight is 449 g/mol. The van der Waals surface area contributed by atoms with Crippen molar-refractivity contribution in [1.82, 2.24) is 9.21 Å². The zero-order chi connectivity index (χ0) is 19.3. The fourth-order valence-corrected chi connectivity index (χ4v) is 4.88. The van der Waals surface area contributed by atoms with E-state index in [0.29, 0.717) is 26.2 Å². The molecular formula is C20H21BrN2O3S. The minimum Gasteiger partial charge on any atom is -0.337 e. The van der Waals surface area contributed by atoms with Crippen LogP contribution < -0.4 is 0 Å². The van der Waals surface area contributed by atoms with Crippen LogP contribution in [-0.2, 0) is 20.6 Å². The zero-order valence-electron chi connectivity index (χ0n) is 14.8. The molecule has 27 heavy (non-hydrogen) atoms. The fraction of sp³-hybridized carbons (Fsp3) is 0.250. The Labute approximate surface area is 168 Å². The number of rotatable bonds is 5. The minimum absolute atomic E-state index is 0.00935. The Morgan fingerprint density at radius 1 is 1.00 bits per heavy atom. The van der Waals surface area contributed by atoms with Crippen molar-refractivity contribution >= 4 is 37.9 Å². The maximum absolute atomic E-state index is 12.6. The van der Waals surface area contributed by atoms with Crippen molar-refractivity contribution in [3.63, 3.8) is 0 Å². The van der Waals surface area contributed by atoms with Gasteiger partial charge in [0, 0.05) is 36.7 Å². The molecule has 1 amide bonds. The molecule has 142 valence electrons. The molecule has 0 N–H and O–H groups in total. The highest BCUT2D eigenvalue weighted by Crippen LogP contribution is 2.15. The van der Waals surface area contributed by atoms with E-state index in [1.54, 1.807) is 11.0 Å². The van der Waals surface area contributed by atoms with Crippen LogP contribution in [0.25, 0.3) is 6.08 Å². The van der Waals surface area contributed by atoms with Gasteiger partial charge in [0.25, 0.3) is 0 Å². The van der Waals surface area contributed by atoms with Crippen LogP contribution in [0.1, 0.15) is 11.1 Å². The van der Waals surface area contributed by atoms with Crippen molar-refractivity contribution in [2.75, 3.05) is 26.2 Å². The lowest BCUT2D eigenvalue weighted by Crippen LogP contribution is -2.50. The van der Waals surface area contributed by atoms with Crippen molar-refractivity contribution in [3.8, 4) is 0 Å². The molecule has 5 nitrogen and oxygen atoms in total. The van der Waals surface area contributed by atoms with Gasteiger partial charge in [-0.05, 0) is 29.3 Å². The van der Waals surface area contributed by atoms with E-state index < -0.39 is 10.0 Å². The quantitative estimate of drug-likeness (QED) is 0.660. The van der Waals surface area contributed by atoms with Crippen LogP contribution in [0.3, 0.4) is 0 Å². The summed E-state index contributed by atoms with van der Waals surface area (Å²) < 4.78 is 27.6. The molecule has 0 saturated carbocycles. The first kappa shape index (κ1) is 19.8. The molecular weight excluding hydrogens is 428 g/mol. The summed E-state index contributed by atoms with van der Waals surface area (Å²) in [6, 6.07) is 16.8. The molecule has 0 aliphatic carbocycles. The van der Waals surface area contributed by atoms with Crippen LogP contribution in [0.15, 0.2) is 65.1 Å². The SMILES string of the molecule is O=C(/C=C/c1cccc(Br)c1)N1CCN(S(=O)(=O)Cc2ccccc2)CC1. The van der Waals surface area contributed by atoms with Gasteiger partial charge < -0.3 is 4.90 Å². The second kappa shape index (κ2) is 8.82. The van der Waals surface area contributed by atoms with Crippen LogP contribution >= 0.6 is 15.9 Å². The Bertz CT molecular complexity index is 921. The van der Waals surface area contributed by atoms with E-state index in [1.807, 2.05) is 54.6 Å². The van der Waals surface area contributed by atoms with E-state index in [1.165, 1.54) is 10.4 Å². The molecule has 0 radical (unpaired) electrons. The summed E-state index contributed by atoms with van der Waals surface area (Å²) in [5.74, 6) is -0.111. The topological polar surface area (TPSA) is 57.7 Å². The molecule has 7 heteroatoms. The minimum atomic E-state index is -3.37. The van der Waals surface area contributed by atoms with Crippen molar-refractivity contribution in [1.29, 1.82) is 0 Å². The summed E-state index contributed by atoms with van der Waals surface area (Å²) in [7, 11) is -3.37. The Morgan fingerprint density at radius 3 is 2.37 bits per heavy atom. The average Bonchev–Trinajstić information content (AvgIpc) is 2.67. The van der Waals surface area contributed by atoms with Crippen molar-refractivity contribution in [2.24, 2.45) is 0 Å². The van der Waals surface area contributed by atoms with Crippen LogP contribution in [0.4, 0.5) is 0 Å². The van der Waals surface area contributed by atoms with Gasteiger partial charge in [0.15, 0.2) is 0 Å². The second-order valence-corrected chi connectivity index (χ2v) is 9.24. The van der Waals surface area contributed by atoms with E-state index in [0.717, 1.165) is 15.6 Å². The third-order valence-corrected chi connectivity index (χ3v) is 6.75. The Morgan fingerprint density at radius 2 is 1.70 bits per heavy atom. The molecule has 2 aromatic carbocycles. The molecule has 0 aromatic heterocycles. The molecule has 1 aliphatic heterocycles. The summed E-state index contributed by atoms with van der Waals surface area (Å²) in [6.45, 7) is 1.45. The molecule has 1 fully saturated rings. The maximum Gasteiger partial charge on any atom is 0.246 e. The van der Waals surface area contributed by atoms with E-state index in [-0.39, 0.29) is 11.7 Å². The lowest BCUT2D eigenvalue weighted by atomic mass is 10.2. The molecule has 0 spiro atoms. The molecule has 2 aromatic rings. The first-order chi connectivity index (χ1) is 12.9. The van der Waals surface area contributed by atoms with Gasteiger partial charge in [-0.15, -0.1) is 0 Å². The highest BCUT2D eigenvalue weighted by Gasteiger charge is 2.28. The van der Waals surface area contributed by atoms with Gasteiger partial charge in [-0.3, -0.25) is 4.79 Å². The number of sulfonamides is 1. The maximum atomic E-state index is 12.6. The Kier molecular flexibility index (Phi) is 6.46. The van der Waals surface area contributed by atoms with Crippen LogP contribution in [0.5, 0.6) is 0 Å². The number of hydrogen-bond acceptors (Lipinski definition) is 3. The van der Waals surface area contributed by atoms with Crippen LogP contribution in [-0.4, -0.2) is 49.7 Å². The summed E-state index contributed by atoms with van der Waals surface area (Å²) >= 11 is 3.40. The third kappa shape index (κ3) is 5.51. The number of nitrogens with zero attached hydrogens (tertiary/aromatic N) is 2. The second-order valence-electron chi connectivity index (χ2n) is 6.35. The van der Waals surface area contributed by atoms with Gasteiger partial charge in [-0.1, -0.05) is 58.4 Å². The lowest BCUT2D eigenvalue weighted by molar-refractivity contribution is -0.127. The number of benzene rings is 2. The molecule has 0 atom stereocenters. The summed E-state index contributed by atoms with van der Waals surface area (Å²) in [6.07, 6.45) is 3.31. The van der Waals surface area contributed by atoms with E-state index in [4.69, 9.17) is 0 Å². The molecule has 0 bridgehead atoms. The van der Waals surface area contributed by atoms with Crippen molar-refractivity contribution < 1.29 is 13.2 Å². The van der Waals surface area contributed by atoms with Crippen LogP contribution in [0.2, 0.25) is 0 Å². The molecule has 3 rings (SSSR count). The monoisotopic (exact) mass is 448 g/mol. The summed E-state index contributed by atoms with van der Waals surface area (Å²) in [5.41, 5.74) is 1.70. The van der Waals surface area contributed by atoms with Gasteiger partial charge in [0.1, 0.15) is 0 Å². The predicted molar refractivity (Wildman–Crippen MR) is 110 cm³/mol.